The molecule has 7 heteroatoms. The summed E-state index contributed by atoms with van der Waals surface area (Å²) >= 11 is 5.56. The highest BCUT2D eigenvalue weighted by molar-refractivity contribution is 7.86. The van der Waals surface area contributed by atoms with Gasteiger partial charge < -0.3 is 4.90 Å². The molecule has 0 radical (unpaired) electrons. The van der Waals surface area contributed by atoms with E-state index < -0.39 is 10.1 Å². The van der Waals surface area contributed by atoms with E-state index in [2.05, 4.69) is 0 Å². The van der Waals surface area contributed by atoms with E-state index in [0.717, 1.165) is 5.56 Å². The molecule has 0 aliphatic carbocycles. The molecule has 1 amide bonds. The van der Waals surface area contributed by atoms with Gasteiger partial charge in [-0.15, -0.1) is 11.6 Å². The second-order valence-corrected chi connectivity index (χ2v) is 7.33. The van der Waals surface area contributed by atoms with Crippen LogP contribution in [0, 0.1) is 6.92 Å². The molecule has 122 valence electrons. The number of benzene rings is 1. The van der Waals surface area contributed by atoms with Gasteiger partial charge in [-0.2, -0.15) is 8.42 Å². The Balaban J connectivity index is 1.92. The fraction of sp³-hybridized carbons (Fsp3) is 0.533. The number of rotatable bonds is 5. The lowest BCUT2D eigenvalue weighted by Crippen LogP contribution is -2.41. The molecular formula is C15H20ClNO4S. The summed E-state index contributed by atoms with van der Waals surface area (Å²) in [5.74, 6) is 0.312. The zero-order chi connectivity index (χ0) is 16.2. The molecule has 22 heavy (non-hydrogen) atoms. The number of halogens is 1. The lowest BCUT2D eigenvalue weighted by molar-refractivity contribution is -0.132. The minimum Gasteiger partial charge on any atom is -0.342 e. The summed E-state index contributed by atoms with van der Waals surface area (Å²) in [6.45, 7) is 2.90. The van der Waals surface area contributed by atoms with Crippen molar-refractivity contribution in [2.45, 2.75) is 37.2 Å². The van der Waals surface area contributed by atoms with Crippen molar-refractivity contribution >= 4 is 27.6 Å². The van der Waals surface area contributed by atoms with Gasteiger partial charge in [0.2, 0.25) is 5.91 Å². The molecule has 1 aromatic carbocycles. The van der Waals surface area contributed by atoms with Crippen LogP contribution in [-0.4, -0.2) is 44.3 Å². The first kappa shape index (κ1) is 17.2. The maximum atomic E-state index is 12.2. The Labute approximate surface area is 136 Å². The SMILES string of the molecule is Cc1ccc(S(=O)(=O)OC2CCN(C(=O)CCCl)CC2)cc1. The number of aryl methyl sites for hydroxylation is 1. The lowest BCUT2D eigenvalue weighted by atomic mass is 10.1. The zero-order valence-electron chi connectivity index (χ0n) is 12.5. The maximum Gasteiger partial charge on any atom is 0.297 e. The topological polar surface area (TPSA) is 63.7 Å². The van der Waals surface area contributed by atoms with Crippen molar-refractivity contribution in [3.05, 3.63) is 29.8 Å². The van der Waals surface area contributed by atoms with E-state index >= 15 is 0 Å². The Bertz CT molecular complexity index is 607. The number of alkyl halides is 1. The van der Waals surface area contributed by atoms with Gasteiger partial charge in [-0.25, -0.2) is 0 Å². The Hall–Kier alpha value is -1.11. The van der Waals surface area contributed by atoms with Crippen molar-refractivity contribution in [2.75, 3.05) is 19.0 Å². The van der Waals surface area contributed by atoms with Crippen LogP contribution in [0.3, 0.4) is 0 Å². The first-order valence-corrected chi connectivity index (χ1v) is 9.20. The number of hydrogen-bond acceptors (Lipinski definition) is 4. The normalized spacial score (nSPS) is 16.7. The largest absolute Gasteiger partial charge is 0.342 e. The van der Waals surface area contributed by atoms with Crippen LogP contribution in [0.25, 0.3) is 0 Å². The third-order valence-corrected chi connectivity index (χ3v) is 5.24. The van der Waals surface area contributed by atoms with Gasteiger partial charge in [0.1, 0.15) is 0 Å². The van der Waals surface area contributed by atoms with Gasteiger partial charge in [-0.3, -0.25) is 8.98 Å². The van der Waals surface area contributed by atoms with Crippen LogP contribution in [0.1, 0.15) is 24.8 Å². The molecule has 0 spiro atoms. The van der Waals surface area contributed by atoms with Gasteiger partial charge in [-0.1, -0.05) is 17.7 Å². The van der Waals surface area contributed by atoms with E-state index in [1.165, 1.54) is 0 Å². The van der Waals surface area contributed by atoms with E-state index in [1.807, 2.05) is 6.92 Å². The summed E-state index contributed by atoms with van der Waals surface area (Å²) in [6.07, 6.45) is 0.957. The molecule has 1 aromatic rings. The summed E-state index contributed by atoms with van der Waals surface area (Å²) < 4.78 is 29.7. The third kappa shape index (κ3) is 4.44. The number of carbonyl (C=O) groups is 1. The maximum absolute atomic E-state index is 12.2. The molecule has 1 fully saturated rings. The molecule has 0 N–H and O–H groups in total. The van der Waals surface area contributed by atoms with Crippen LogP contribution in [0.4, 0.5) is 0 Å². The standard InChI is InChI=1S/C15H20ClNO4S/c1-12-2-4-14(5-3-12)22(19,20)21-13-7-10-17(11-8-13)15(18)6-9-16/h2-5,13H,6-11H2,1H3. The van der Waals surface area contributed by atoms with Gasteiger partial charge in [-0.05, 0) is 31.9 Å². The van der Waals surface area contributed by atoms with Gasteiger partial charge in [0.05, 0.1) is 11.0 Å². The minimum atomic E-state index is -3.75. The molecule has 2 rings (SSSR count). The molecule has 0 saturated carbocycles. The van der Waals surface area contributed by atoms with Crippen molar-refractivity contribution in [2.24, 2.45) is 0 Å². The molecule has 0 atom stereocenters. The van der Waals surface area contributed by atoms with E-state index in [9.17, 15) is 13.2 Å². The molecule has 1 aliphatic rings. The molecule has 0 bridgehead atoms. The molecule has 1 heterocycles. The smallest absolute Gasteiger partial charge is 0.297 e. The van der Waals surface area contributed by atoms with Gasteiger partial charge >= 0.3 is 0 Å². The zero-order valence-corrected chi connectivity index (χ0v) is 14.1. The van der Waals surface area contributed by atoms with Crippen molar-refractivity contribution in [3.8, 4) is 0 Å². The van der Waals surface area contributed by atoms with Crippen molar-refractivity contribution in [3.63, 3.8) is 0 Å². The van der Waals surface area contributed by atoms with Crippen molar-refractivity contribution < 1.29 is 17.4 Å². The number of likely N-dealkylation sites (tertiary alicyclic amines) is 1. The minimum absolute atomic E-state index is 0.00911. The fourth-order valence-electron chi connectivity index (χ4n) is 2.38. The number of nitrogens with zero attached hydrogens (tertiary/aromatic N) is 1. The fourth-order valence-corrected chi connectivity index (χ4v) is 3.67. The first-order chi connectivity index (χ1) is 10.4. The molecule has 0 aromatic heterocycles. The molecular weight excluding hydrogens is 326 g/mol. The van der Waals surface area contributed by atoms with Crippen molar-refractivity contribution in [1.82, 2.24) is 4.90 Å². The van der Waals surface area contributed by atoms with E-state index in [4.69, 9.17) is 15.8 Å². The second-order valence-electron chi connectivity index (χ2n) is 5.38. The van der Waals surface area contributed by atoms with Gasteiger partial charge in [0.25, 0.3) is 10.1 Å². The second kappa shape index (κ2) is 7.44. The summed E-state index contributed by atoms with van der Waals surface area (Å²) in [4.78, 5) is 13.6. The third-order valence-electron chi connectivity index (χ3n) is 3.68. The van der Waals surface area contributed by atoms with E-state index in [0.29, 0.717) is 38.2 Å². The van der Waals surface area contributed by atoms with Crippen molar-refractivity contribution in [1.29, 1.82) is 0 Å². The van der Waals surface area contributed by atoms with Crippen LogP contribution >= 0.6 is 11.6 Å². The number of piperidine rings is 1. The van der Waals surface area contributed by atoms with Crippen LogP contribution in [-0.2, 0) is 19.1 Å². The number of carbonyl (C=O) groups excluding carboxylic acids is 1. The highest BCUT2D eigenvalue weighted by Crippen LogP contribution is 2.21. The average molecular weight is 346 g/mol. The van der Waals surface area contributed by atoms with Gasteiger partial charge in [0, 0.05) is 25.4 Å². The Morgan fingerprint density at radius 1 is 1.27 bits per heavy atom. The first-order valence-electron chi connectivity index (χ1n) is 7.26. The molecule has 0 unspecified atom stereocenters. The lowest BCUT2D eigenvalue weighted by Gasteiger charge is -2.31. The highest BCUT2D eigenvalue weighted by atomic mass is 35.5. The van der Waals surface area contributed by atoms with Crippen LogP contribution in [0.2, 0.25) is 0 Å². The van der Waals surface area contributed by atoms with E-state index in [1.54, 1.807) is 29.2 Å². The number of hydrogen-bond donors (Lipinski definition) is 0. The highest BCUT2D eigenvalue weighted by Gasteiger charge is 2.27. The summed E-state index contributed by atoms with van der Waals surface area (Å²) in [5, 5.41) is 0. The Kier molecular flexibility index (Phi) is 5.83. The van der Waals surface area contributed by atoms with Crippen LogP contribution in [0.5, 0.6) is 0 Å². The predicted molar refractivity (Wildman–Crippen MR) is 84.4 cm³/mol. The monoisotopic (exact) mass is 345 g/mol. The summed E-state index contributed by atoms with van der Waals surface area (Å²) in [6, 6.07) is 6.57. The summed E-state index contributed by atoms with van der Waals surface area (Å²) in [5.41, 5.74) is 0.991. The Morgan fingerprint density at radius 3 is 2.41 bits per heavy atom. The molecule has 5 nitrogen and oxygen atoms in total. The van der Waals surface area contributed by atoms with Gasteiger partial charge in [0.15, 0.2) is 0 Å². The van der Waals surface area contributed by atoms with E-state index in [-0.39, 0.29) is 16.9 Å². The molecule has 1 saturated heterocycles. The number of amides is 1. The quantitative estimate of drug-likeness (QED) is 0.607. The predicted octanol–water partition coefficient (Wildman–Crippen LogP) is 2.32. The average Bonchev–Trinajstić information content (AvgIpc) is 2.48. The summed E-state index contributed by atoms with van der Waals surface area (Å²) in [7, 11) is -3.75. The molecule has 1 aliphatic heterocycles. The Morgan fingerprint density at radius 2 is 1.86 bits per heavy atom. The van der Waals surface area contributed by atoms with Crippen LogP contribution < -0.4 is 0 Å². The van der Waals surface area contributed by atoms with Crippen LogP contribution in [0.15, 0.2) is 29.2 Å².